The van der Waals surface area contributed by atoms with Crippen molar-refractivity contribution >= 4 is 16.8 Å². The molecule has 2 aromatic heterocycles. The molecule has 1 aromatic carbocycles. The van der Waals surface area contributed by atoms with Crippen LogP contribution in [0.25, 0.3) is 10.9 Å². The van der Waals surface area contributed by atoms with Crippen molar-refractivity contribution in [1.82, 2.24) is 14.9 Å². The lowest BCUT2D eigenvalue weighted by Crippen LogP contribution is -2.31. The summed E-state index contributed by atoms with van der Waals surface area (Å²) in [6.07, 6.45) is 5.25. The number of aromatic hydroxyl groups is 1. The molecule has 0 aliphatic carbocycles. The number of fused-ring (bicyclic) bond motifs is 1. The summed E-state index contributed by atoms with van der Waals surface area (Å²) < 4.78 is 1.83. The van der Waals surface area contributed by atoms with Crippen LogP contribution in [0.2, 0.25) is 0 Å². The molecule has 2 N–H and O–H groups in total. The first-order valence-corrected chi connectivity index (χ1v) is 7.97. The van der Waals surface area contributed by atoms with E-state index in [4.69, 9.17) is 0 Å². The van der Waals surface area contributed by atoms with Gasteiger partial charge in [0.25, 0.3) is 5.91 Å². The fraction of sp³-hybridized carbons (Fsp3) is 0.263. The van der Waals surface area contributed by atoms with Crippen LogP contribution >= 0.6 is 0 Å². The molecule has 1 atom stereocenters. The van der Waals surface area contributed by atoms with Gasteiger partial charge >= 0.3 is 0 Å². The molecule has 5 heteroatoms. The predicted molar refractivity (Wildman–Crippen MR) is 93.9 cm³/mol. The number of aromatic nitrogens is 2. The summed E-state index contributed by atoms with van der Waals surface area (Å²) in [6.45, 7) is 4.02. The smallest absolute Gasteiger partial charge is 0.253 e. The van der Waals surface area contributed by atoms with Crippen molar-refractivity contribution in [2.75, 3.05) is 0 Å². The first kappa shape index (κ1) is 16.1. The molecule has 5 nitrogen and oxygen atoms in total. The van der Waals surface area contributed by atoms with Crippen LogP contribution in [0.3, 0.4) is 0 Å². The third kappa shape index (κ3) is 2.97. The molecule has 24 heavy (non-hydrogen) atoms. The number of aryl methyl sites for hydroxylation is 1. The van der Waals surface area contributed by atoms with Gasteiger partial charge in [0, 0.05) is 36.6 Å². The minimum absolute atomic E-state index is 0.115. The minimum Gasteiger partial charge on any atom is -0.505 e. The minimum atomic E-state index is -0.302. The van der Waals surface area contributed by atoms with Gasteiger partial charge in [0.1, 0.15) is 11.3 Å². The Bertz CT molecular complexity index is 883. The van der Waals surface area contributed by atoms with Gasteiger partial charge in [0.05, 0.1) is 11.6 Å². The molecule has 1 amide bonds. The number of rotatable bonds is 4. The number of benzene rings is 1. The number of hydrogen-bond donors (Lipinski definition) is 2. The maximum absolute atomic E-state index is 12.5. The number of hydrogen-bond acceptors (Lipinski definition) is 3. The topological polar surface area (TPSA) is 67.2 Å². The Morgan fingerprint density at radius 2 is 2.04 bits per heavy atom. The zero-order chi connectivity index (χ0) is 17.3. The predicted octanol–water partition coefficient (Wildman–Crippen LogP) is 3.41. The third-order valence-electron chi connectivity index (χ3n) is 4.16. The van der Waals surface area contributed by atoms with Gasteiger partial charge in [0.15, 0.2) is 0 Å². The van der Waals surface area contributed by atoms with E-state index in [-0.39, 0.29) is 23.6 Å². The molecule has 124 valence electrons. The van der Waals surface area contributed by atoms with Gasteiger partial charge in [-0.15, -0.1) is 0 Å². The van der Waals surface area contributed by atoms with E-state index in [9.17, 15) is 9.90 Å². The summed E-state index contributed by atoms with van der Waals surface area (Å²) in [5.41, 5.74) is 1.83. The van der Waals surface area contributed by atoms with Gasteiger partial charge in [0.2, 0.25) is 0 Å². The van der Waals surface area contributed by atoms with Crippen molar-refractivity contribution in [1.29, 1.82) is 0 Å². The molecule has 0 saturated heterocycles. The van der Waals surface area contributed by atoms with E-state index in [1.807, 2.05) is 55.9 Å². The normalized spacial score (nSPS) is 12.5. The highest BCUT2D eigenvalue weighted by molar-refractivity contribution is 5.94. The molecule has 0 saturated carbocycles. The van der Waals surface area contributed by atoms with E-state index in [0.717, 1.165) is 5.39 Å². The van der Waals surface area contributed by atoms with Crippen LogP contribution in [0.1, 0.15) is 35.8 Å². The number of phenols is 1. The highest BCUT2D eigenvalue weighted by Gasteiger charge is 2.23. The van der Waals surface area contributed by atoms with Crippen LogP contribution in [0.5, 0.6) is 5.75 Å². The van der Waals surface area contributed by atoms with E-state index < -0.39 is 0 Å². The van der Waals surface area contributed by atoms with E-state index >= 15 is 0 Å². The fourth-order valence-electron chi connectivity index (χ4n) is 2.86. The van der Waals surface area contributed by atoms with E-state index in [2.05, 4.69) is 10.3 Å². The van der Waals surface area contributed by atoms with Crippen molar-refractivity contribution in [3.05, 3.63) is 60.0 Å². The molecule has 2 heterocycles. The summed E-state index contributed by atoms with van der Waals surface area (Å²) >= 11 is 0. The van der Waals surface area contributed by atoms with Crippen molar-refractivity contribution in [2.24, 2.45) is 13.0 Å². The number of phenolic OH excluding ortho intramolecular Hbond substituents is 1. The second-order valence-corrected chi connectivity index (χ2v) is 6.34. The van der Waals surface area contributed by atoms with E-state index in [0.29, 0.717) is 16.6 Å². The van der Waals surface area contributed by atoms with Crippen LogP contribution in [-0.4, -0.2) is 20.6 Å². The van der Waals surface area contributed by atoms with E-state index in [1.54, 1.807) is 18.5 Å². The quantitative estimate of drug-likeness (QED) is 0.773. The first-order chi connectivity index (χ1) is 11.5. The molecule has 3 aromatic rings. The summed E-state index contributed by atoms with van der Waals surface area (Å²) in [6, 6.07) is 8.98. The highest BCUT2D eigenvalue weighted by atomic mass is 16.3. The van der Waals surface area contributed by atoms with Crippen LogP contribution in [0.4, 0.5) is 0 Å². The SMILES string of the molecule is CC(C)C(NC(=O)c1ccn(C)c1)c1ccc2cccnc2c1O. The van der Waals surface area contributed by atoms with Gasteiger partial charge in [-0.05, 0) is 18.1 Å². The Labute approximate surface area is 141 Å². The van der Waals surface area contributed by atoms with Crippen molar-refractivity contribution in [2.45, 2.75) is 19.9 Å². The Hall–Kier alpha value is -2.82. The van der Waals surface area contributed by atoms with Crippen LogP contribution in [0.15, 0.2) is 48.9 Å². The van der Waals surface area contributed by atoms with E-state index in [1.165, 1.54) is 0 Å². The average Bonchev–Trinajstić information content (AvgIpc) is 3.00. The zero-order valence-electron chi connectivity index (χ0n) is 14.0. The second kappa shape index (κ2) is 6.35. The molecule has 0 bridgehead atoms. The van der Waals surface area contributed by atoms with Gasteiger partial charge in [-0.25, -0.2) is 0 Å². The number of carbonyl (C=O) groups is 1. The molecule has 0 fully saturated rings. The molecule has 0 radical (unpaired) electrons. The van der Waals surface area contributed by atoms with Crippen LogP contribution in [0, 0.1) is 5.92 Å². The summed E-state index contributed by atoms with van der Waals surface area (Å²) in [5.74, 6) is 0.0831. The monoisotopic (exact) mass is 323 g/mol. The summed E-state index contributed by atoms with van der Waals surface area (Å²) in [7, 11) is 1.87. The molecule has 0 spiro atoms. The summed E-state index contributed by atoms with van der Waals surface area (Å²) in [5, 5.41) is 14.5. The largest absolute Gasteiger partial charge is 0.505 e. The molecule has 1 unspecified atom stereocenters. The second-order valence-electron chi connectivity index (χ2n) is 6.34. The van der Waals surface area contributed by atoms with Crippen molar-refractivity contribution in [3.63, 3.8) is 0 Å². The number of nitrogens with zero attached hydrogens (tertiary/aromatic N) is 2. The number of nitrogens with one attached hydrogen (secondary N) is 1. The van der Waals surface area contributed by atoms with Crippen molar-refractivity contribution < 1.29 is 9.90 Å². The van der Waals surface area contributed by atoms with Gasteiger partial charge in [-0.1, -0.05) is 32.0 Å². The summed E-state index contributed by atoms with van der Waals surface area (Å²) in [4.78, 5) is 16.8. The molecule has 0 aliphatic rings. The lowest BCUT2D eigenvalue weighted by molar-refractivity contribution is 0.0925. The van der Waals surface area contributed by atoms with Gasteiger partial charge in [-0.3, -0.25) is 9.78 Å². The Kier molecular flexibility index (Phi) is 4.25. The fourth-order valence-corrected chi connectivity index (χ4v) is 2.86. The van der Waals surface area contributed by atoms with Crippen molar-refractivity contribution in [3.8, 4) is 5.75 Å². The lowest BCUT2D eigenvalue weighted by Gasteiger charge is -2.24. The number of carbonyl (C=O) groups excluding carboxylic acids is 1. The molecule has 3 rings (SSSR count). The van der Waals surface area contributed by atoms with Gasteiger partial charge in [-0.2, -0.15) is 0 Å². The number of amides is 1. The third-order valence-corrected chi connectivity index (χ3v) is 4.16. The zero-order valence-corrected chi connectivity index (χ0v) is 14.0. The van der Waals surface area contributed by atoms with Crippen LogP contribution in [-0.2, 0) is 7.05 Å². The highest BCUT2D eigenvalue weighted by Crippen LogP contribution is 2.34. The Balaban J connectivity index is 1.96. The average molecular weight is 323 g/mol. The maximum atomic E-state index is 12.5. The Morgan fingerprint density at radius 1 is 1.25 bits per heavy atom. The first-order valence-electron chi connectivity index (χ1n) is 7.97. The van der Waals surface area contributed by atoms with Crippen LogP contribution < -0.4 is 5.32 Å². The maximum Gasteiger partial charge on any atom is 0.253 e. The molecular formula is C19H21N3O2. The number of pyridine rings is 1. The van der Waals surface area contributed by atoms with Gasteiger partial charge < -0.3 is 15.0 Å². The standard InChI is InChI=1S/C19H21N3O2/c1-12(2)16(21-19(24)14-8-10-22(3)11-14)15-7-6-13-5-4-9-20-17(13)18(15)23/h4-12,16,23H,1-3H3,(H,21,24). The lowest BCUT2D eigenvalue weighted by atomic mass is 9.93. The molecular weight excluding hydrogens is 302 g/mol. The molecule has 0 aliphatic heterocycles. The Morgan fingerprint density at radius 3 is 2.71 bits per heavy atom.